The molecule has 162 valence electrons. The zero-order chi connectivity index (χ0) is 22.7. The zero-order valence-corrected chi connectivity index (χ0v) is 16.8. The number of pyridine rings is 1. The molecule has 0 aliphatic heterocycles. The van der Waals surface area contributed by atoms with E-state index in [9.17, 15) is 18.4 Å². The highest BCUT2D eigenvalue weighted by Crippen LogP contribution is 2.35. The zero-order valence-electron chi connectivity index (χ0n) is 16.8. The molecule has 0 saturated heterocycles. The van der Waals surface area contributed by atoms with E-state index in [4.69, 9.17) is 4.74 Å². The number of ether oxygens (including phenoxy) is 1. The van der Waals surface area contributed by atoms with Crippen LogP contribution in [0.1, 0.15) is 22.7 Å². The molecular formula is C22H17F3N6O. The second kappa shape index (κ2) is 8.64. The third kappa shape index (κ3) is 4.24. The van der Waals surface area contributed by atoms with Gasteiger partial charge in [-0.05, 0) is 11.6 Å². The van der Waals surface area contributed by atoms with Gasteiger partial charge in [-0.3, -0.25) is 0 Å². The maximum Gasteiger partial charge on any atom is 0.417 e. The Labute approximate surface area is 180 Å². The Morgan fingerprint density at radius 3 is 2.66 bits per heavy atom. The van der Waals surface area contributed by atoms with Crippen LogP contribution in [0.25, 0.3) is 22.3 Å². The van der Waals surface area contributed by atoms with Crippen LogP contribution in [0.3, 0.4) is 0 Å². The summed E-state index contributed by atoms with van der Waals surface area (Å²) in [5.74, 6) is 0.208. The summed E-state index contributed by atoms with van der Waals surface area (Å²) >= 11 is 0. The highest BCUT2D eigenvalue weighted by molar-refractivity contribution is 5.94. The van der Waals surface area contributed by atoms with Gasteiger partial charge in [0.25, 0.3) is 0 Å². The molecule has 2 N–H and O–H groups in total. The first-order valence-corrected chi connectivity index (χ1v) is 9.53. The molecule has 0 radical (unpaired) electrons. The first-order valence-electron chi connectivity index (χ1n) is 9.53. The van der Waals surface area contributed by atoms with E-state index in [-0.39, 0.29) is 34.3 Å². The summed E-state index contributed by atoms with van der Waals surface area (Å²) in [7, 11) is 1.57. The average molecular weight is 438 g/mol. The van der Waals surface area contributed by atoms with E-state index in [2.05, 4.69) is 25.3 Å². The predicted molar refractivity (Wildman–Crippen MR) is 112 cm³/mol. The van der Waals surface area contributed by atoms with Gasteiger partial charge in [0.2, 0.25) is 5.95 Å². The van der Waals surface area contributed by atoms with Crippen molar-refractivity contribution in [2.75, 3.05) is 19.0 Å². The van der Waals surface area contributed by atoms with Crippen molar-refractivity contribution in [2.24, 2.45) is 0 Å². The van der Waals surface area contributed by atoms with Crippen molar-refractivity contribution in [3.63, 3.8) is 0 Å². The van der Waals surface area contributed by atoms with Crippen molar-refractivity contribution in [1.29, 1.82) is 5.26 Å². The number of benzene rings is 1. The summed E-state index contributed by atoms with van der Waals surface area (Å²) in [6, 6.07) is 12.2. The molecule has 0 aliphatic carbocycles. The van der Waals surface area contributed by atoms with E-state index in [1.807, 2.05) is 36.4 Å². The van der Waals surface area contributed by atoms with E-state index < -0.39 is 11.7 Å². The minimum absolute atomic E-state index is 0.122. The molecule has 0 unspecified atom stereocenters. The number of nitrogens with one attached hydrogen (secondary N) is 2. The summed E-state index contributed by atoms with van der Waals surface area (Å²) in [6.07, 6.45) is -0.973. The van der Waals surface area contributed by atoms with Crippen LogP contribution in [-0.4, -0.2) is 33.7 Å². The largest absolute Gasteiger partial charge is 0.417 e. The number of methoxy groups -OCH3 is 1. The van der Waals surface area contributed by atoms with Crippen LogP contribution in [-0.2, 0) is 10.9 Å². The fourth-order valence-corrected chi connectivity index (χ4v) is 3.32. The first kappa shape index (κ1) is 21.3. The number of nitrogens with zero attached hydrogens (tertiary/aromatic N) is 4. The Bertz CT molecular complexity index is 1280. The van der Waals surface area contributed by atoms with Crippen LogP contribution in [0.15, 0.2) is 55.0 Å². The van der Waals surface area contributed by atoms with Crippen molar-refractivity contribution in [1.82, 2.24) is 19.9 Å². The third-order valence-corrected chi connectivity index (χ3v) is 4.86. The molecule has 32 heavy (non-hydrogen) atoms. The van der Waals surface area contributed by atoms with Gasteiger partial charge in [-0.15, -0.1) is 0 Å². The highest BCUT2D eigenvalue weighted by atomic mass is 19.4. The molecule has 0 saturated carbocycles. The summed E-state index contributed by atoms with van der Waals surface area (Å²) in [5, 5.41) is 12.9. The molecule has 4 aromatic rings. The summed E-state index contributed by atoms with van der Waals surface area (Å²) in [4.78, 5) is 15.3. The molecule has 0 amide bonds. The van der Waals surface area contributed by atoms with E-state index in [0.29, 0.717) is 12.2 Å². The van der Waals surface area contributed by atoms with Crippen LogP contribution in [0.4, 0.5) is 19.1 Å². The minimum atomic E-state index is -4.55. The van der Waals surface area contributed by atoms with E-state index >= 15 is 0 Å². The molecule has 0 fully saturated rings. The van der Waals surface area contributed by atoms with Crippen molar-refractivity contribution >= 4 is 17.0 Å². The normalized spacial score (nSPS) is 12.5. The van der Waals surface area contributed by atoms with Gasteiger partial charge in [-0.25, -0.2) is 15.0 Å². The molecule has 0 aliphatic rings. The fourth-order valence-electron chi connectivity index (χ4n) is 3.32. The van der Waals surface area contributed by atoms with Crippen molar-refractivity contribution in [3.05, 3.63) is 71.7 Å². The van der Waals surface area contributed by atoms with Gasteiger partial charge < -0.3 is 15.0 Å². The number of aromatic nitrogens is 4. The number of H-pyrrole nitrogens is 1. The lowest BCUT2D eigenvalue weighted by Crippen LogP contribution is -2.18. The molecular weight excluding hydrogens is 421 g/mol. The minimum Gasteiger partial charge on any atom is -0.382 e. The fraction of sp³-hybridized carbons (Fsp3) is 0.182. The quantitative estimate of drug-likeness (QED) is 0.452. The van der Waals surface area contributed by atoms with Gasteiger partial charge in [0, 0.05) is 30.5 Å². The summed E-state index contributed by atoms with van der Waals surface area (Å²) < 4.78 is 44.9. The van der Waals surface area contributed by atoms with Crippen LogP contribution in [0, 0.1) is 11.3 Å². The van der Waals surface area contributed by atoms with Crippen LogP contribution in [0.2, 0.25) is 0 Å². The molecule has 3 aromatic heterocycles. The SMILES string of the molecule is COC[C@@H](Nc1ncc(C#N)c(-c2c[nH]c3ncc(C(F)(F)F)cc23)n1)c1ccccc1. The van der Waals surface area contributed by atoms with Crippen LogP contribution >= 0.6 is 0 Å². The van der Waals surface area contributed by atoms with E-state index in [0.717, 1.165) is 17.8 Å². The Morgan fingerprint density at radius 2 is 1.97 bits per heavy atom. The lowest BCUT2D eigenvalue weighted by molar-refractivity contribution is -0.137. The van der Waals surface area contributed by atoms with E-state index in [1.54, 1.807) is 7.11 Å². The number of fused-ring (bicyclic) bond motifs is 1. The van der Waals surface area contributed by atoms with Gasteiger partial charge >= 0.3 is 6.18 Å². The molecule has 7 nitrogen and oxygen atoms in total. The van der Waals surface area contributed by atoms with E-state index in [1.165, 1.54) is 12.4 Å². The maximum absolute atomic E-state index is 13.2. The summed E-state index contributed by atoms with van der Waals surface area (Å²) in [6.45, 7) is 0.328. The number of anilines is 1. The van der Waals surface area contributed by atoms with Crippen molar-refractivity contribution in [3.8, 4) is 17.3 Å². The van der Waals surface area contributed by atoms with Gasteiger partial charge in [-0.1, -0.05) is 30.3 Å². The predicted octanol–water partition coefficient (Wildman–Crippen LogP) is 4.71. The standard InChI is InChI=1S/C22H17F3N6O/c1-32-12-18(13-5-3-2-4-6-13)30-21-29-9-14(8-26)19(31-21)17-11-28-20-16(17)7-15(10-27-20)22(23,24)25/h2-7,9-11,18H,12H2,1H3,(H,27,28)(H,29,30,31)/t18-/m1/s1. The number of alkyl halides is 3. The number of hydrogen-bond donors (Lipinski definition) is 2. The van der Waals surface area contributed by atoms with Crippen molar-refractivity contribution in [2.45, 2.75) is 12.2 Å². The third-order valence-electron chi connectivity index (χ3n) is 4.86. The topological polar surface area (TPSA) is 99.5 Å². The van der Waals surface area contributed by atoms with Crippen molar-refractivity contribution < 1.29 is 17.9 Å². The Hall–Kier alpha value is -3.97. The Balaban J connectivity index is 1.77. The number of nitriles is 1. The maximum atomic E-state index is 13.2. The van der Waals surface area contributed by atoms with Crippen LogP contribution in [0.5, 0.6) is 0 Å². The van der Waals surface area contributed by atoms with Gasteiger partial charge in [0.05, 0.1) is 35.7 Å². The molecule has 0 spiro atoms. The lowest BCUT2D eigenvalue weighted by atomic mass is 10.1. The molecule has 3 heterocycles. The van der Waals surface area contributed by atoms with Gasteiger partial charge in [0.15, 0.2) is 0 Å². The average Bonchev–Trinajstić information content (AvgIpc) is 3.22. The Morgan fingerprint density at radius 1 is 1.19 bits per heavy atom. The molecule has 1 aromatic carbocycles. The Kier molecular flexibility index (Phi) is 5.75. The second-order valence-corrected chi connectivity index (χ2v) is 6.95. The van der Waals surface area contributed by atoms with Crippen LogP contribution < -0.4 is 5.32 Å². The second-order valence-electron chi connectivity index (χ2n) is 6.95. The smallest absolute Gasteiger partial charge is 0.382 e. The number of rotatable bonds is 6. The number of aromatic amines is 1. The van der Waals surface area contributed by atoms with Gasteiger partial charge in [0.1, 0.15) is 11.7 Å². The summed E-state index contributed by atoms with van der Waals surface area (Å²) in [5.41, 5.74) is 0.949. The number of halogens is 3. The molecule has 4 rings (SSSR count). The van der Waals surface area contributed by atoms with Gasteiger partial charge in [-0.2, -0.15) is 18.4 Å². The monoisotopic (exact) mass is 438 g/mol. The number of hydrogen-bond acceptors (Lipinski definition) is 6. The molecule has 0 bridgehead atoms. The molecule has 1 atom stereocenters. The molecule has 10 heteroatoms. The lowest BCUT2D eigenvalue weighted by Gasteiger charge is -2.18. The highest BCUT2D eigenvalue weighted by Gasteiger charge is 2.31. The first-order chi connectivity index (χ1) is 15.4.